The average molecular weight is 130 g/mol. The Bertz CT molecular complexity index is 98.5. The Morgan fingerprint density at radius 2 is 2.44 bits per heavy atom. The molecule has 0 atom stereocenters. The van der Waals surface area contributed by atoms with Crippen LogP contribution in [-0.2, 0) is 9.53 Å². The van der Waals surface area contributed by atoms with Crippen molar-refractivity contribution in [1.82, 2.24) is 0 Å². The molecular formula is C6H10O3. The summed E-state index contributed by atoms with van der Waals surface area (Å²) in [5.74, 6) is -0.391. The summed E-state index contributed by atoms with van der Waals surface area (Å²) in [6, 6.07) is 0. The highest BCUT2D eigenvalue weighted by Gasteiger charge is 1.97. The number of allylic oxidation sites excluding steroid dienone is 1. The third kappa shape index (κ3) is 5.03. The number of hydrogen-bond donors (Lipinski definition) is 1. The van der Waals surface area contributed by atoms with Gasteiger partial charge in [-0.05, 0) is 6.42 Å². The molecule has 0 saturated carbocycles. The number of aliphatic hydroxyl groups is 1. The highest BCUT2D eigenvalue weighted by atomic mass is 16.6. The van der Waals surface area contributed by atoms with Gasteiger partial charge in [0.1, 0.15) is 0 Å². The Labute approximate surface area is 53.9 Å². The molecule has 0 aromatic heterocycles. The van der Waals surface area contributed by atoms with Crippen LogP contribution >= 0.6 is 0 Å². The zero-order valence-electron chi connectivity index (χ0n) is 5.17. The van der Waals surface area contributed by atoms with Gasteiger partial charge < -0.3 is 9.84 Å². The molecule has 0 unspecified atom stereocenters. The molecule has 9 heavy (non-hydrogen) atoms. The minimum Gasteiger partial charge on any atom is -0.439 e. The second kappa shape index (κ2) is 5.31. The van der Waals surface area contributed by atoms with E-state index in [0.717, 1.165) is 0 Å². The molecular weight excluding hydrogens is 120 g/mol. The van der Waals surface area contributed by atoms with Crippen molar-refractivity contribution in [3.05, 3.63) is 12.7 Å². The average Bonchev–Trinajstić information content (AvgIpc) is 1.85. The van der Waals surface area contributed by atoms with E-state index in [1.165, 1.54) is 0 Å². The maximum Gasteiger partial charge on any atom is 0.308 e. The van der Waals surface area contributed by atoms with Crippen molar-refractivity contribution in [3.8, 4) is 0 Å². The van der Waals surface area contributed by atoms with E-state index < -0.39 is 12.8 Å². The smallest absolute Gasteiger partial charge is 0.308 e. The molecule has 0 aliphatic rings. The Morgan fingerprint density at radius 1 is 1.78 bits per heavy atom. The monoisotopic (exact) mass is 130 g/mol. The van der Waals surface area contributed by atoms with Crippen LogP contribution in [-0.4, -0.2) is 17.9 Å². The molecule has 0 amide bonds. The van der Waals surface area contributed by atoms with E-state index in [9.17, 15) is 4.79 Å². The number of esters is 1. The number of carbonyl (C=O) groups excluding carboxylic acids is 1. The molecule has 0 aromatic carbocycles. The van der Waals surface area contributed by atoms with Crippen molar-refractivity contribution in [1.29, 1.82) is 0 Å². The van der Waals surface area contributed by atoms with Crippen LogP contribution in [0, 0.1) is 0 Å². The predicted molar refractivity (Wildman–Crippen MR) is 32.6 cm³/mol. The Balaban J connectivity index is 3.16. The Morgan fingerprint density at radius 3 is 2.89 bits per heavy atom. The molecule has 0 radical (unpaired) electrons. The first-order valence-electron chi connectivity index (χ1n) is 2.68. The van der Waals surface area contributed by atoms with E-state index in [2.05, 4.69) is 11.3 Å². The van der Waals surface area contributed by atoms with E-state index in [0.29, 0.717) is 12.8 Å². The zero-order valence-corrected chi connectivity index (χ0v) is 5.17. The lowest BCUT2D eigenvalue weighted by Gasteiger charge is -1.96. The van der Waals surface area contributed by atoms with Crippen molar-refractivity contribution in [2.24, 2.45) is 0 Å². The molecule has 0 fully saturated rings. The fraction of sp³-hybridized carbons (Fsp3) is 0.500. The topological polar surface area (TPSA) is 46.5 Å². The number of rotatable bonds is 4. The van der Waals surface area contributed by atoms with Crippen molar-refractivity contribution in [2.45, 2.75) is 12.8 Å². The van der Waals surface area contributed by atoms with Crippen molar-refractivity contribution >= 4 is 5.97 Å². The predicted octanol–water partition coefficient (Wildman–Crippen LogP) is 0.446. The summed E-state index contributed by atoms with van der Waals surface area (Å²) in [6.07, 6.45) is 2.52. The summed E-state index contributed by atoms with van der Waals surface area (Å²) < 4.78 is 4.21. The second-order valence-corrected chi connectivity index (χ2v) is 1.47. The van der Waals surface area contributed by atoms with Gasteiger partial charge in [-0.15, -0.1) is 6.58 Å². The minimum absolute atomic E-state index is 0.296. The molecule has 1 N–H and O–H groups in total. The van der Waals surface area contributed by atoms with Crippen molar-refractivity contribution in [2.75, 3.05) is 6.79 Å². The summed E-state index contributed by atoms with van der Waals surface area (Å²) in [7, 11) is 0. The van der Waals surface area contributed by atoms with Crippen molar-refractivity contribution < 1.29 is 14.6 Å². The molecule has 52 valence electrons. The molecule has 0 rings (SSSR count). The van der Waals surface area contributed by atoms with Gasteiger partial charge in [-0.2, -0.15) is 0 Å². The van der Waals surface area contributed by atoms with Gasteiger partial charge in [0.2, 0.25) is 0 Å². The lowest BCUT2D eigenvalue weighted by molar-refractivity contribution is -0.151. The molecule has 0 aliphatic heterocycles. The summed E-state index contributed by atoms with van der Waals surface area (Å²) in [5, 5.41) is 8.07. The standard InChI is InChI=1S/C6H10O3/c1-2-3-4-6(8)9-5-7/h2,7H,1,3-5H2. The van der Waals surface area contributed by atoms with Crippen LogP contribution < -0.4 is 0 Å². The van der Waals surface area contributed by atoms with Gasteiger partial charge in [0.25, 0.3) is 0 Å². The first-order valence-corrected chi connectivity index (χ1v) is 2.68. The minimum atomic E-state index is -0.532. The van der Waals surface area contributed by atoms with Gasteiger partial charge in [0.05, 0.1) is 0 Å². The molecule has 0 saturated heterocycles. The van der Waals surface area contributed by atoms with Crippen LogP contribution in [0.1, 0.15) is 12.8 Å². The molecule has 0 aliphatic carbocycles. The highest BCUT2D eigenvalue weighted by molar-refractivity contribution is 5.69. The maximum atomic E-state index is 10.4. The lowest BCUT2D eigenvalue weighted by atomic mass is 10.3. The Kier molecular flexibility index (Phi) is 4.82. The largest absolute Gasteiger partial charge is 0.439 e. The molecule has 0 aromatic rings. The first kappa shape index (κ1) is 8.17. The third-order valence-electron chi connectivity index (χ3n) is 0.778. The SMILES string of the molecule is C=CCCC(=O)OCO. The quantitative estimate of drug-likeness (QED) is 0.341. The van der Waals surface area contributed by atoms with Crippen molar-refractivity contribution in [3.63, 3.8) is 0 Å². The normalized spacial score (nSPS) is 8.56. The molecule has 0 spiro atoms. The number of aliphatic hydroxyl groups excluding tert-OH is 1. The van der Waals surface area contributed by atoms with E-state index in [4.69, 9.17) is 5.11 Å². The van der Waals surface area contributed by atoms with E-state index in [-0.39, 0.29) is 0 Å². The molecule has 0 heterocycles. The number of hydrogen-bond acceptors (Lipinski definition) is 3. The van der Waals surface area contributed by atoms with Crippen LogP contribution in [0.4, 0.5) is 0 Å². The number of carbonyl (C=O) groups is 1. The van der Waals surface area contributed by atoms with Gasteiger partial charge in [-0.1, -0.05) is 6.08 Å². The lowest BCUT2D eigenvalue weighted by Crippen LogP contribution is -2.03. The molecule has 3 heteroatoms. The summed E-state index contributed by atoms with van der Waals surface area (Å²) in [6.45, 7) is 2.89. The van der Waals surface area contributed by atoms with Crippen LogP contribution in [0.5, 0.6) is 0 Å². The van der Waals surface area contributed by atoms with Crippen LogP contribution in [0.25, 0.3) is 0 Å². The fourth-order valence-corrected chi connectivity index (χ4v) is 0.364. The van der Waals surface area contributed by atoms with Gasteiger partial charge in [-0.25, -0.2) is 0 Å². The highest BCUT2D eigenvalue weighted by Crippen LogP contribution is 1.91. The summed E-state index contributed by atoms with van der Waals surface area (Å²) in [5.41, 5.74) is 0. The van der Waals surface area contributed by atoms with E-state index >= 15 is 0 Å². The van der Waals surface area contributed by atoms with Crippen LogP contribution in [0.2, 0.25) is 0 Å². The third-order valence-corrected chi connectivity index (χ3v) is 0.778. The first-order chi connectivity index (χ1) is 4.31. The zero-order chi connectivity index (χ0) is 7.11. The van der Waals surface area contributed by atoms with Crippen LogP contribution in [0.3, 0.4) is 0 Å². The Hall–Kier alpha value is -0.830. The number of ether oxygens (including phenoxy) is 1. The second-order valence-electron chi connectivity index (χ2n) is 1.47. The van der Waals surface area contributed by atoms with Gasteiger partial charge in [0, 0.05) is 6.42 Å². The van der Waals surface area contributed by atoms with Crippen LogP contribution in [0.15, 0.2) is 12.7 Å². The van der Waals surface area contributed by atoms with Gasteiger partial charge >= 0.3 is 5.97 Å². The maximum absolute atomic E-state index is 10.4. The summed E-state index contributed by atoms with van der Waals surface area (Å²) in [4.78, 5) is 10.4. The molecule has 3 nitrogen and oxygen atoms in total. The van der Waals surface area contributed by atoms with E-state index in [1.54, 1.807) is 6.08 Å². The molecule has 0 bridgehead atoms. The fourth-order valence-electron chi connectivity index (χ4n) is 0.364. The summed E-state index contributed by atoms with van der Waals surface area (Å²) >= 11 is 0. The van der Waals surface area contributed by atoms with Gasteiger partial charge in [0.15, 0.2) is 6.79 Å². The van der Waals surface area contributed by atoms with Gasteiger partial charge in [-0.3, -0.25) is 4.79 Å². The van der Waals surface area contributed by atoms with E-state index in [1.807, 2.05) is 0 Å².